The monoisotopic (exact) mass is 273 g/mol. The molecule has 0 spiro atoms. The second kappa shape index (κ2) is 6.27. The summed E-state index contributed by atoms with van der Waals surface area (Å²) in [5, 5.41) is 10.0. The van der Waals surface area contributed by atoms with Gasteiger partial charge in [-0.25, -0.2) is 0 Å². The molecule has 108 valence electrons. The predicted molar refractivity (Wildman–Crippen MR) is 81.1 cm³/mol. The van der Waals surface area contributed by atoms with Crippen LogP contribution in [0.1, 0.15) is 42.5 Å². The van der Waals surface area contributed by atoms with E-state index >= 15 is 0 Å². The Kier molecular flexibility index (Phi) is 4.21. The fraction of sp³-hybridized carbons (Fsp3) is 0.562. The van der Waals surface area contributed by atoms with Gasteiger partial charge in [0.15, 0.2) is 0 Å². The topological polar surface area (TPSA) is 53.2 Å². The molecule has 4 nitrogen and oxygen atoms in total. The minimum atomic E-state index is 0.0543. The molecule has 1 aliphatic carbocycles. The van der Waals surface area contributed by atoms with E-state index in [9.17, 15) is 4.79 Å². The molecule has 2 aliphatic rings. The molecule has 0 radical (unpaired) electrons. The molecule has 0 aromatic heterocycles. The Morgan fingerprint density at radius 3 is 2.85 bits per heavy atom. The fourth-order valence-corrected chi connectivity index (χ4v) is 2.65. The summed E-state index contributed by atoms with van der Waals surface area (Å²) >= 11 is 0. The summed E-state index contributed by atoms with van der Waals surface area (Å²) in [4.78, 5) is 12.0. The highest BCUT2D eigenvalue weighted by Gasteiger charge is 2.23. The van der Waals surface area contributed by atoms with Gasteiger partial charge in [0.2, 0.25) is 0 Å². The van der Waals surface area contributed by atoms with Gasteiger partial charge in [-0.05, 0) is 63.4 Å². The molecule has 1 saturated carbocycles. The molecule has 1 aliphatic heterocycles. The third-order valence-electron chi connectivity index (χ3n) is 3.98. The summed E-state index contributed by atoms with van der Waals surface area (Å²) in [6.45, 7) is 2.18. The van der Waals surface area contributed by atoms with Gasteiger partial charge < -0.3 is 16.0 Å². The van der Waals surface area contributed by atoms with E-state index in [0.29, 0.717) is 12.1 Å². The van der Waals surface area contributed by atoms with E-state index < -0.39 is 0 Å². The van der Waals surface area contributed by atoms with Gasteiger partial charge in [0.1, 0.15) is 0 Å². The lowest BCUT2D eigenvalue weighted by Crippen LogP contribution is -2.26. The minimum Gasteiger partial charge on any atom is -0.382 e. The molecule has 1 heterocycles. The van der Waals surface area contributed by atoms with Gasteiger partial charge in [-0.3, -0.25) is 4.79 Å². The highest BCUT2D eigenvalue weighted by molar-refractivity contribution is 5.95. The van der Waals surface area contributed by atoms with Crippen LogP contribution in [0, 0.1) is 0 Å². The summed E-state index contributed by atoms with van der Waals surface area (Å²) < 4.78 is 0. The molecule has 1 aromatic carbocycles. The minimum absolute atomic E-state index is 0.0543. The molecule has 0 bridgehead atoms. The molecule has 1 aromatic rings. The summed E-state index contributed by atoms with van der Waals surface area (Å²) in [6, 6.07) is 8.78. The van der Waals surface area contributed by atoms with Crippen LogP contribution in [0.5, 0.6) is 0 Å². The Morgan fingerprint density at radius 1 is 1.10 bits per heavy atom. The number of hydrogen-bond donors (Lipinski definition) is 3. The van der Waals surface area contributed by atoms with Crippen molar-refractivity contribution in [2.75, 3.05) is 18.4 Å². The molecular formula is C16H23N3O. The Morgan fingerprint density at radius 2 is 2.00 bits per heavy atom. The van der Waals surface area contributed by atoms with Crippen LogP contribution in [0.3, 0.4) is 0 Å². The van der Waals surface area contributed by atoms with Crippen LogP contribution in [-0.4, -0.2) is 31.1 Å². The van der Waals surface area contributed by atoms with Gasteiger partial charge in [0.05, 0.1) is 0 Å². The zero-order valence-corrected chi connectivity index (χ0v) is 11.8. The number of carbonyl (C=O) groups excluding carboxylic acids is 1. The van der Waals surface area contributed by atoms with E-state index in [1.54, 1.807) is 0 Å². The van der Waals surface area contributed by atoms with Crippen LogP contribution in [0.4, 0.5) is 5.69 Å². The van der Waals surface area contributed by atoms with E-state index in [0.717, 1.165) is 43.6 Å². The van der Waals surface area contributed by atoms with Crippen LogP contribution in [0.25, 0.3) is 0 Å². The van der Waals surface area contributed by atoms with Gasteiger partial charge >= 0.3 is 0 Å². The van der Waals surface area contributed by atoms with Crippen molar-refractivity contribution >= 4 is 11.6 Å². The average molecular weight is 273 g/mol. The number of amides is 1. The van der Waals surface area contributed by atoms with Crippen molar-refractivity contribution in [2.24, 2.45) is 0 Å². The van der Waals surface area contributed by atoms with E-state index in [2.05, 4.69) is 16.0 Å². The molecule has 1 unspecified atom stereocenters. The van der Waals surface area contributed by atoms with Gasteiger partial charge in [-0.2, -0.15) is 0 Å². The number of anilines is 1. The van der Waals surface area contributed by atoms with Crippen LogP contribution >= 0.6 is 0 Å². The zero-order valence-electron chi connectivity index (χ0n) is 11.8. The molecule has 1 saturated heterocycles. The Labute approximate surface area is 120 Å². The Balaban J connectivity index is 1.62. The molecule has 1 atom stereocenters. The van der Waals surface area contributed by atoms with E-state index in [1.807, 2.05) is 24.3 Å². The number of nitrogens with one attached hydrogen (secondary N) is 3. The van der Waals surface area contributed by atoms with E-state index in [1.165, 1.54) is 12.8 Å². The SMILES string of the molecule is O=C(NC1CC1)c1cccc(NC2CCCNCC2)c1. The highest BCUT2D eigenvalue weighted by atomic mass is 16.1. The van der Waals surface area contributed by atoms with Crippen molar-refractivity contribution in [1.29, 1.82) is 0 Å². The van der Waals surface area contributed by atoms with Crippen LogP contribution in [0.15, 0.2) is 24.3 Å². The van der Waals surface area contributed by atoms with Crippen LogP contribution in [-0.2, 0) is 0 Å². The third-order valence-corrected chi connectivity index (χ3v) is 3.98. The molecule has 3 N–H and O–H groups in total. The largest absolute Gasteiger partial charge is 0.382 e. The lowest BCUT2D eigenvalue weighted by atomic mass is 10.1. The second-order valence-electron chi connectivity index (χ2n) is 5.85. The third kappa shape index (κ3) is 3.73. The maximum Gasteiger partial charge on any atom is 0.251 e. The zero-order chi connectivity index (χ0) is 13.8. The van der Waals surface area contributed by atoms with Crippen molar-refractivity contribution in [3.8, 4) is 0 Å². The Bertz CT molecular complexity index is 463. The normalized spacial score (nSPS) is 22.9. The molecular weight excluding hydrogens is 250 g/mol. The van der Waals surface area contributed by atoms with Crippen molar-refractivity contribution in [2.45, 2.75) is 44.2 Å². The van der Waals surface area contributed by atoms with E-state index in [-0.39, 0.29) is 5.91 Å². The molecule has 4 heteroatoms. The number of carbonyl (C=O) groups is 1. The number of benzene rings is 1. The maximum atomic E-state index is 12.0. The van der Waals surface area contributed by atoms with E-state index in [4.69, 9.17) is 0 Å². The maximum absolute atomic E-state index is 12.0. The summed E-state index contributed by atoms with van der Waals surface area (Å²) in [6.07, 6.45) is 5.78. The predicted octanol–water partition coefficient (Wildman–Crippen LogP) is 2.13. The molecule has 3 rings (SSSR count). The van der Waals surface area contributed by atoms with Crippen molar-refractivity contribution in [3.05, 3.63) is 29.8 Å². The summed E-state index contributed by atoms with van der Waals surface area (Å²) in [5.74, 6) is 0.0543. The molecule has 20 heavy (non-hydrogen) atoms. The fourth-order valence-electron chi connectivity index (χ4n) is 2.65. The lowest BCUT2D eigenvalue weighted by Gasteiger charge is -2.17. The first-order valence-electron chi connectivity index (χ1n) is 7.69. The first-order valence-corrected chi connectivity index (χ1v) is 7.69. The number of rotatable bonds is 4. The Hall–Kier alpha value is -1.55. The van der Waals surface area contributed by atoms with Gasteiger partial charge in [0.25, 0.3) is 5.91 Å². The lowest BCUT2D eigenvalue weighted by molar-refractivity contribution is 0.0951. The van der Waals surface area contributed by atoms with Crippen LogP contribution < -0.4 is 16.0 Å². The first kappa shape index (κ1) is 13.4. The van der Waals surface area contributed by atoms with Crippen LogP contribution in [0.2, 0.25) is 0 Å². The second-order valence-corrected chi connectivity index (χ2v) is 5.85. The standard InChI is InChI=1S/C16H23N3O/c20-16(19-14-6-7-14)12-3-1-4-15(11-12)18-13-5-2-9-17-10-8-13/h1,3-4,11,13-14,17-18H,2,5-10H2,(H,19,20). The van der Waals surface area contributed by atoms with Crippen molar-refractivity contribution < 1.29 is 4.79 Å². The number of hydrogen-bond acceptors (Lipinski definition) is 3. The molecule has 2 fully saturated rings. The molecule has 1 amide bonds. The van der Waals surface area contributed by atoms with Gasteiger partial charge in [0, 0.05) is 23.3 Å². The average Bonchev–Trinajstić information content (AvgIpc) is 3.27. The van der Waals surface area contributed by atoms with Crippen molar-refractivity contribution in [3.63, 3.8) is 0 Å². The van der Waals surface area contributed by atoms with Gasteiger partial charge in [-0.15, -0.1) is 0 Å². The summed E-state index contributed by atoms with van der Waals surface area (Å²) in [7, 11) is 0. The van der Waals surface area contributed by atoms with Crippen molar-refractivity contribution in [1.82, 2.24) is 10.6 Å². The first-order chi connectivity index (χ1) is 9.81. The smallest absolute Gasteiger partial charge is 0.251 e. The van der Waals surface area contributed by atoms with Gasteiger partial charge in [-0.1, -0.05) is 6.07 Å². The quantitative estimate of drug-likeness (QED) is 0.788. The highest BCUT2D eigenvalue weighted by Crippen LogP contribution is 2.20. The summed E-state index contributed by atoms with van der Waals surface area (Å²) in [5.41, 5.74) is 1.81.